The smallest absolute Gasteiger partial charge is 0.268 e. The third-order valence-corrected chi connectivity index (χ3v) is 2.02. The number of likely N-dealkylation sites (N-methyl/N-ethyl adjacent to an activating group) is 1. The Morgan fingerprint density at radius 2 is 2.47 bits per heavy atom. The van der Waals surface area contributed by atoms with Crippen LogP contribution in [0.2, 0.25) is 0 Å². The molecule has 0 bridgehead atoms. The van der Waals surface area contributed by atoms with E-state index in [1.807, 2.05) is 17.4 Å². The highest BCUT2D eigenvalue weighted by Crippen LogP contribution is 2.12. The standard InChI is InChI=1S/C9H15N3O3/c1-12(3-4-13)6-8-7(2-5-15-8)9(14)11-10/h2,5,13H,3-4,6,10H2,1H3,(H,11,14). The fraction of sp³-hybridized carbons (Fsp3) is 0.444. The minimum atomic E-state index is -0.379. The second kappa shape index (κ2) is 5.50. The van der Waals surface area contributed by atoms with E-state index < -0.39 is 0 Å². The van der Waals surface area contributed by atoms with Gasteiger partial charge in [-0.05, 0) is 13.1 Å². The molecule has 1 aromatic rings. The zero-order valence-corrected chi connectivity index (χ0v) is 8.56. The van der Waals surface area contributed by atoms with E-state index in [0.717, 1.165) is 0 Å². The molecule has 4 N–H and O–H groups in total. The summed E-state index contributed by atoms with van der Waals surface area (Å²) >= 11 is 0. The van der Waals surface area contributed by atoms with Gasteiger partial charge >= 0.3 is 0 Å². The van der Waals surface area contributed by atoms with Crippen molar-refractivity contribution in [2.24, 2.45) is 5.84 Å². The van der Waals surface area contributed by atoms with Gasteiger partial charge in [0.25, 0.3) is 5.91 Å². The van der Waals surface area contributed by atoms with Crippen LogP contribution in [-0.4, -0.2) is 36.1 Å². The Kier molecular flexibility index (Phi) is 4.29. The fourth-order valence-corrected chi connectivity index (χ4v) is 1.24. The van der Waals surface area contributed by atoms with Gasteiger partial charge in [-0.25, -0.2) is 5.84 Å². The van der Waals surface area contributed by atoms with Gasteiger partial charge in [0.1, 0.15) is 5.76 Å². The number of aliphatic hydroxyl groups excluding tert-OH is 1. The summed E-state index contributed by atoms with van der Waals surface area (Å²) in [6, 6.07) is 1.56. The summed E-state index contributed by atoms with van der Waals surface area (Å²) in [4.78, 5) is 13.1. The minimum absolute atomic E-state index is 0.0651. The van der Waals surface area contributed by atoms with Crippen LogP contribution in [0, 0.1) is 0 Å². The number of rotatable bonds is 5. The van der Waals surface area contributed by atoms with E-state index >= 15 is 0 Å². The quantitative estimate of drug-likeness (QED) is 0.342. The summed E-state index contributed by atoms with van der Waals surface area (Å²) in [5.41, 5.74) is 2.46. The first-order valence-corrected chi connectivity index (χ1v) is 4.55. The Hall–Kier alpha value is -1.37. The normalized spacial score (nSPS) is 10.7. The predicted octanol–water partition coefficient (Wildman–Crippen LogP) is -0.693. The topological polar surface area (TPSA) is 91.7 Å². The zero-order chi connectivity index (χ0) is 11.3. The van der Waals surface area contributed by atoms with Gasteiger partial charge in [0.2, 0.25) is 0 Å². The number of nitrogen functional groups attached to an aromatic ring is 1. The van der Waals surface area contributed by atoms with Gasteiger partial charge < -0.3 is 9.52 Å². The highest BCUT2D eigenvalue weighted by atomic mass is 16.3. The summed E-state index contributed by atoms with van der Waals surface area (Å²) < 4.78 is 5.16. The summed E-state index contributed by atoms with van der Waals surface area (Å²) in [5, 5.41) is 8.72. The molecule has 1 rings (SSSR count). The summed E-state index contributed by atoms with van der Waals surface area (Å²) in [7, 11) is 1.82. The van der Waals surface area contributed by atoms with Gasteiger partial charge in [-0.3, -0.25) is 15.1 Å². The van der Waals surface area contributed by atoms with Crippen molar-refractivity contribution in [2.75, 3.05) is 20.2 Å². The Morgan fingerprint density at radius 1 is 1.73 bits per heavy atom. The van der Waals surface area contributed by atoms with E-state index in [4.69, 9.17) is 15.4 Å². The molecule has 6 heteroatoms. The molecule has 1 amide bonds. The van der Waals surface area contributed by atoms with Crippen LogP contribution in [0.4, 0.5) is 0 Å². The molecule has 0 fully saturated rings. The third kappa shape index (κ3) is 3.05. The van der Waals surface area contributed by atoms with Gasteiger partial charge in [-0.15, -0.1) is 0 Å². The number of nitrogens with two attached hydrogens (primary N) is 1. The molecule has 1 aromatic heterocycles. The molecule has 0 atom stereocenters. The maximum Gasteiger partial charge on any atom is 0.268 e. The Morgan fingerprint density at radius 3 is 3.07 bits per heavy atom. The van der Waals surface area contributed by atoms with Crippen LogP contribution in [-0.2, 0) is 6.54 Å². The van der Waals surface area contributed by atoms with Crippen LogP contribution >= 0.6 is 0 Å². The highest BCUT2D eigenvalue weighted by Gasteiger charge is 2.14. The molecule has 0 unspecified atom stereocenters. The Labute approximate surface area is 87.6 Å². The van der Waals surface area contributed by atoms with Crippen LogP contribution in [0.1, 0.15) is 16.1 Å². The van der Waals surface area contributed by atoms with Gasteiger partial charge in [-0.2, -0.15) is 0 Å². The van der Waals surface area contributed by atoms with Crippen molar-refractivity contribution >= 4 is 5.91 Å². The van der Waals surface area contributed by atoms with E-state index in [0.29, 0.717) is 24.4 Å². The van der Waals surface area contributed by atoms with Crippen molar-refractivity contribution in [1.82, 2.24) is 10.3 Å². The predicted molar refractivity (Wildman–Crippen MR) is 53.8 cm³/mol. The maximum absolute atomic E-state index is 11.3. The lowest BCUT2D eigenvalue weighted by Gasteiger charge is -2.13. The molecular weight excluding hydrogens is 198 g/mol. The Bertz CT molecular complexity index is 324. The number of amides is 1. The molecule has 15 heavy (non-hydrogen) atoms. The fourth-order valence-electron chi connectivity index (χ4n) is 1.24. The number of hydrogen-bond acceptors (Lipinski definition) is 5. The van der Waals surface area contributed by atoms with Gasteiger partial charge in [0.15, 0.2) is 0 Å². The monoisotopic (exact) mass is 213 g/mol. The number of hydrogen-bond donors (Lipinski definition) is 3. The number of furan rings is 1. The molecule has 0 aliphatic heterocycles. The maximum atomic E-state index is 11.3. The number of aliphatic hydroxyl groups is 1. The minimum Gasteiger partial charge on any atom is -0.467 e. The molecular formula is C9H15N3O3. The van der Waals surface area contributed by atoms with Crippen molar-refractivity contribution < 1.29 is 14.3 Å². The molecule has 0 aliphatic rings. The molecule has 0 saturated heterocycles. The van der Waals surface area contributed by atoms with Crippen molar-refractivity contribution in [2.45, 2.75) is 6.54 Å². The average Bonchev–Trinajstić information content (AvgIpc) is 2.65. The summed E-state index contributed by atoms with van der Waals surface area (Å²) in [5.74, 6) is 5.18. The van der Waals surface area contributed by atoms with Crippen molar-refractivity contribution in [1.29, 1.82) is 0 Å². The van der Waals surface area contributed by atoms with E-state index in [1.165, 1.54) is 6.26 Å². The molecule has 6 nitrogen and oxygen atoms in total. The SMILES string of the molecule is CN(CCO)Cc1occc1C(=O)NN. The molecule has 0 spiro atoms. The van der Waals surface area contributed by atoms with Crippen LogP contribution < -0.4 is 11.3 Å². The van der Waals surface area contributed by atoms with Crippen LogP contribution in [0.15, 0.2) is 16.7 Å². The van der Waals surface area contributed by atoms with Gasteiger partial charge in [-0.1, -0.05) is 0 Å². The van der Waals surface area contributed by atoms with Crippen molar-refractivity contribution in [3.05, 3.63) is 23.7 Å². The first-order chi connectivity index (χ1) is 7.19. The number of nitrogens with one attached hydrogen (secondary N) is 1. The number of carbonyl (C=O) groups is 1. The van der Waals surface area contributed by atoms with E-state index in [2.05, 4.69) is 0 Å². The third-order valence-electron chi connectivity index (χ3n) is 2.02. The lowest BCUT2D eigenvalue weighted by atomic mass is 10.2. The number of carbonyl (C=O) groups excluding carboxylic acids is 1. The molecule has 0 saturated carbocycles. The number of hydrazine groups is 1. The molecule has 1 heterocycles. The molecule has 0 aliphatic carbocycles. The largest absolute Gasteiger partial charge is 0.467 e. The summed E-state index contributed by atoms with van der Waals surface area (Å²) in [6.07, 6.45) is 1.44. The van der Waals surface area contributed by atoms with Crippen molar-refractivity contribution in [3.63, 3.8) is 0 Å². The lowest BCUT2D eigenvalue weighted by molar-refractivity contribution is 0.0950. The second-order valence-electron chi connectivity index (χ2n) is 3.19. The second-order valence-corrected chi connectivity index (χ2v) is 3.19. The highest BCUT2D eigenvalue weighted by molar-refractivity contribution is 5.94. The average molecular weight is 213 g/mol. The van der Waals surface area contributed by atoms with Gasteiger partial charge in [0, 0.05) is 6.54 Å². The lowest BCUT2D eigenvalue weighted by Crippen LogP contribution is -2.31. The molecule has 84 valence electrons. The van der Waals surface area contributed by atoms with Crippen LogP contribution in [0.25, 0.3) is 0 Å². The van der Waals surface area contributed by atoms with E-state index in [1.54, 1.807) is 6.07 Å². The van der Waals surface area contributed by atoms with E-state index in [9.17, 15) is 4.79 Å². The van der Waals surface area contributed by atoms with Crippen LogP contribution in [0.3, 0.4) is 0 Å². The first kappa shape index (κ1) is 11.7. The summed E-state index contributed by atoms with van der Waals surface area (Å²) in [6.45, 7) is 1.04. The molecule has 0 aromatic carbocycles. The van der Waals surface area contributed by atoms with Crippen molar-refractivity contribution in [3.8, 4) is 0 Å². The first-order valence-electron chi connectivity index (χ1n) is 4.55. The van der Waals surface area contributed by atoms with E-state index in [-0.39, 0.29) is 12.5 Å². The molecule has 0 radical (unpaired) electrons. The van der Waals surface area contributed by atoms with Gasteiger partial charge in [0.05, 0.1) is 25.0 Å². The zero-order valence-electron chi connectivity index (χ0n) is 8.56. The Balaban J connectivity index is 2.68. The number of nitrogens with zero attached hydrogens (tertiary/aromatic N) is 1. The van der Waals surface area contributed by atoms with Crippen LogP contribution in [0.5, 0.6) is 0 Å².